The molecule has 0 saturated carbocycles. The van der Waals surface area contributed by atoms with Gasteiger partial charge in [0.15, 0.2) is 0 Å². The number of azo groups is 1. The minimum atomic E-state index is 0.508. The van der Waals surface area contributed by atoms with Gasteiger partial charge in [-0.05, 0) is 34.7 Å². The van der Waals surface area contributed by atoms with E-state index in [-0.39, 0.29) is 0 Å². The number of hydrogen-bond acceptors (Lipinski definition) is 4. The van der Waals surface area contributed by atoms with Crippen molar-refractivity contribution in [1.29, 1.82) is 0 Å². The van der Waals surface area contributed by atoms with Crippen molar-refractivity contribution in [3.63, 3.8) is 0 Å². The Morgan fingerprint density at radius 3 is 2.68 bits per heavy atom. The molecular formula is C13H14N5S+. The van der Waals surface area contributed by atoms with Crippen LogP contribution in [0.15, 0.2) is 40.0 Å². The van der Waals surface area contributed by atoms with E-state index < -0.39 is 0 Å². The Morgan fingerprint density at radius 2 is 2.11 bits per heavy atom. The first-order valence-corrected chi connectivity index (χ1v) is 6.53. The average Bonchev–Trinajstić information content (AvgIpc) is 2.81. The molecule has 1 aromatic carbocycles. The van der Waals surface area contributed by atoms with Gasteiger partial charge in [0, 0.05) is 25.2 Å². The molecular weight excluding hydrogens is 258 g/mol. The van der Waals surface area contributed by atoms with E-state index in [2.05, 4.69) is 15.1 Å². The first-order chi connectivity index (χ1) is 9.11. The van der Waals surface area contributed by atoms with Gasteiger partial charge in [0.2, 0.25) is 5.69 Å². The van der Waals surface area contributed by atoms with E-state index >= 15 is 0 Å². The van der Waals surface area contributed by atoms with Crippen LogP contribution in [-0.2, 0) is 7.05 Å². The monoisotopic (exact) mass is 272 g/mol. The summed E-state index contributed by atoms with van der Waals surface area (Å²) in [6, 6.07) is 5.56. The Hall–Kier alpha value is -2.26. The van der Waals surface area contributed by atoms with E-state index in [4.69, 9.17) is 6.57 Å². The highest BCUT2D eigenvalue weighted by Gasteiger charge is 2.10. The van der Waals surface area contributed by atoms with E-state index in [1.807, 2.05) is 60.4 Å². The zero-order chi connectivity index (χ0) is 13.8. The van der Waals surface area contributed by atoms with Crippen LogP contribution in [0.2, 0.25) is 0 Å². The molecule has 5 nitrogen and oxygen atoms in total. The second-order valence-corrected chi connectivity index (χ2v) is 5.05. The number of aromatic nitrogens is 1. The maximum absolute atomic E-state index is 7.22. The van der Waals surface area contributed by atoms with Gasteiger partial charge in [-0.3, -0.25) is 0 Å². The van der Waals surface area contributed by atoms with Crippen molar-refractivity contribution in [2.45, 2.75) is 0 Å². The second kappa shape index (κ2) is 5.59. The molecule has 0 bridgehead atoms. The molecule has 2 rings (SSSR count). The summed E-state index contributed by atoms with van der Waals surface area (Å²) >= 11 is 1.51. The number of nitrogens with zero attached hydrogens (tertiary/aromatic N) is 5. The molecule has 6 heteroatoms. The average molecular weight is 272 g/mol. The molecule has 0 saturated heterocycles. The van der Waals surface area contributed by atoms with E-state index in [0.717, 1.165) is 10.8 Å². The van der Waals surface area contributed by atoms with Gasteiger partial charge in [-0.25, -0.2) is 9.41 Å². The molecule has 1 heterocycles. The first-order valence-electron chi connectivity index (χ1n) is 5.65. The van der Waals surface area contributed by atoms with Gasteiger partial charge in [0.1, 0.15) is 11.9 Å². The summed E-state index contributed by atoms with van der Waals surface area (Å²) in [7, 11) is 5.79. The van der Waals surface area contributed by atoms with Gasteiger partial charge in [0.05, 0.1) is 18.7 Å². The van der Waals surface area contributed by atoms with E-state index in [1.54, 1.807) is 0 Å². The lowest BCUT2D eigenvalue weighted by Gasteiger charge is -2.12. The highest BCUT2D eigenvalue weighted by atomic mass is 32.1. The quantitative estimate of drug-likeness (QED) is 0.477. The lowest BCUT2D eigenvalue weighted by atomic mass is 10.2. The maximum Gasteiger partial charge on any atom is 0.408 e. The molecule has 0 aliphatic heterocycles. The van der Waals surface area contributed by atoms with Gasteiger partial charge in [-0.1, -0.05) is 0 Å². The second-order valence-electron chi connectivity index (χ2n) is 4.18. The third kappa shape index (κ3) is 2.95. The van der Waals surface area contributed by atoms with Crippen LogP contribution in [0.1, 0.15) is 0 Å². The highest BCUT2D eigenvalue weighted by molar-refractivity contribution is 7.12. The van der Waals surface area contributed by atoms with Crippen molar-refractivity contribution in [2.75, 3.05) is 19.0 Å². The number of hydrogen-bond donors (Lipinski definition) is 0. The molecule has 0 spiro atoms. The summed E-state index contributed by atoms with van der Waals surface area (Å²) in [5.74, 6) is 0. The van der Waals surface area contributed by atoms with Crippen molar-refractivity contribution in [3.05, 3.63) is 41.2 Å². The molecule has 96 valence electrons. The zero-order valence-electron chi connectivity index (χ0n) is 11.0. The molecule has 0 atom stereocenters. The van der Waals surface area contributed by atoms with Crippen LogP contribution in [0.3, 0.4) is 0 Å². The summed E-state index contributed by atoms with van der Waals surface area (Å²) in [6.45, 7) is 7.22. The molecule has 0 radical (unpaired) electrons. The predicted octanol–water partition coefficient (Wildman–Crippen LogP) is 3.60. The molecule has 0 N–H and O–H groups in total. The molecule has 0 aliphatic carbocycles. The van der Waals surface area contributed by atoms with Crippen molar-refractivity contribution in [3.8, 4) is 0 Å². The standard InChI is InChI=1S/C13H14N5S/c1-14-12-9-10(17(2)3)5-6-11(12)15-16-13-18(4)7-8-19-13/h5-9H,2-4H3/q+1. The first kappa shape index (κ1) is 13.2. The number of thiazole rings is 1. The molecule has 1 aromatic heterocycles. The van der Waals surface area contributed by atoms with E-state index in [0.29, 0.717) is 11.4 Å². The topological polar surface area (TPSA) is 36.2 Å². The Kier molecular flexibility index (Phi) is 3.88. The fourth-order valence-electron chi connectivity index (χ4n) is 1.48. The van der Waals surface area contributed by atoms with Gasteiger partial charge >= 0.3 is 5.13 Å². The van der Waals surface area contributed by atoms with Gasteiger partial charge in [-0.15, -0.1) is 0 Å². The van der Waals surface area contributed by atoms with Crippen LogP contribution >= 0.6 is 11.3 Å². The van der Waals surface area contributed by atoms with Crippen molar-refractivity contribution in [1.82, 2.24) is 0 Å². The number of benzene rings is 1. The lowest BCUT2D eigenvalue weighted by molar-refractivity contribution is -0.654. The summed E-state index contributed by atoms with van der Waals surface area (Å²) in [5.41, 5.74) is 2.08. The maximum atomic E-state index is 7.22. The molecule has 0 unspecified atom stereocenters. The zero-order valence-corrected chi connectivity index (χ0v) is 11.8. The van der Waals surface area contributed by atoms with Crippen molar-refractivity contribution in [2.24, 2.45) is 17.3 Å². The molecule has 2 aromatic rings. The highest BCUT2D eigenvalue weighted by Crippen LogP contribution is 2.33. The summed E-state index contributed by atoms with van der Waals surface area (Å²) in [6.07, 6.45) is 1.92. The molecule has 19 heavy (non-hydrogen) atoms. The van der Waals surface area contributed by atoms with Crippen LogP contribution in [0.4, 0.5) is 22.2 Å². The van der Waals surface area contributed by atoms with Gasteiger partial charge in [0.25, 0.3) is 0 Å². The SMILES string of the molecule is [C-]#[N+]c1cc(N(C)C)ccc1N=Nc1scc[n+]1C. The van der Waals surface area contributed by atoms with Crippen LogP contribution in [0.5, 0.6) is 0 Å². The van der Waals surface area contributed by atoms with Crippen LogP contribution < -0.4 is 9.47 Å². The Bertz CT molecular complexity index is 651. The van der Waals surface area contributed by atoms with Crippen LogP contribution in [0, 0.1) is 6.57 Å². The minimum Gasteiger partial charge on any atom is -0.379 e. The lowest BCUT2D eigenvalue weighted by Crippen LogP contribution is -2.23. The van der Waals surface area contributed by atoms with Gasteiger partial charge in [-0.2, -0.15) is 0 Å². The Morgan fingerprint density at radius 1 is 1.32 bits per heavy atom. The van der Waals surface area contributed by atoms with Crippen LogP contribution in [-0.4, -0.2) is 14.1 Å². The molecule has 0 amide bonds. The third-order valence-electron chi connectivity index (χ3n) is 2.60. The summed E-state index contributed by atoms with van der Waals surface area (Å²) < 4.78 is 1.89. The minimum absolute atomic E-state index is 0.508. The molecule has 0 aliphatic rings. The molecule has 0 fully saturated rings. The number of anilines is 1. The van der Waals surface area contributed by atoms with Crippen molar-refractivity contribution >= 4 is 33.5 Å². The van der Waals surface area contributed by atoms with E-state index in [1.165, 1.54) is 11.3 Å². The predicted molar refractivity (Wildman–Crippen MR) is 76.7 cm³/mol. The smallest absolute Gasteiger partial charge is 0.379 e. The van der Waals surface area contributed by atoms with E-state index in [9.17, 15) is 0 Å². The van der Waals surface area contributed by atoms with Crippen LogP contribution in [0.25, 0.3) is 4.85 Å². The number of aryl methyl sites for hydroxylation is 1. The number of rotatable bonds is 3. The largest absolute Gasteiger partial charge is 0.408 e. The fourth-order valence-corrected chi connectivity index (χ4v) is 2.16. The Labute approximate surface area is 116 Å². The summed E-state index contributed by atoms with van der Waals surface area (Å²) in [5, 5.41) is 11.1. The Balaban J connectivity index is 2.33. The van der Waals surface area contributed by atoms with Crippen molar-refractivity contribution < 1.29 is 4.57 Å². The third-order valence-corrected chi connectivity index (χ3v) is 3.44. The normalized spacial score (nSPS) is 10.6. The van der Waals surface area contributed by atoms with Gasteiger partial charge < -0.3 is 4.90 Å². The summed E-state index contributed by atoms with van der Waals surface area (Å²) in [4.78, 5) is 5.46. The fraction of sp³-hybridized carbons (Fsp3) is 0.231.